The molecule has 0 unspecified atom stereocenters. The molecule has 0 bridgehead atoms. The lowest BCUT2D eigenvalue weighted by atomic mass is 10.0. The highest BCUT2D eigenvalue weighted by Crippen LogP contribution is 2.32. The number of nitrogens with zero attached hydrogens (tertiary/aromatic N) is 2. The van der Waals surface area contributed by atoms with Crippen LogP contribution in [0.25, 0.3) is 11.3 Å². The second-order valence-corrected chi connectivity index (χ2v) is 6.89. The molecule has 7 nitrogen and oxygen atoms in total. The Morgan fingerprint density at radius 1 is 1.25 bits per heavy atom. The topological polar surface area (TPSA) is 101 Å². The van der Waals surface area contributed by atoms with E-state index in [1.807, 2.05) is 43.3 Å². The van der Waals surface area contributed by atoms with Crippen LogP contribution < -0.4 is 15.4 Å². The average Bonchev–Trinajstić information content (AvgIpc) is 3.13. The van der Waals surface area contributed by atoms with Crippen LogP contribution in [0.15, 0.2) is 42.5 Å². The number of carbonyl (C=O) groups excluding carboxylic acids is 2. The minimum Gasteiger partial charge on any atom is -0.482 e. The lowest BCUT2D eigenvalue weighted by molar-refractivity contribution is -0.120. The summed E-state index contributed by atoms with van der Waals surface area (Å²) >= 11 is 0. The first-order valence-corrected chi connectivity index (χ1v) is 8.90. The fraction of sp³-hybridized carbons (Fsp3) is 0.190. The third-order valence-electron chi connectivity index (χ3n) is 4.92. The Hall–Kier alpha value is -3.61. The number of hydrogen-bond acceptors (Lipinski definition) is 4. The molecule has 0 spiro atoms. The summed E-state index contributed by atoms with van der Waals surface area (Å²) in [4.78, 5) is 24.8. The molecule has 0 fully saturated rings. The number of fused-ring (bicyclic) bond motifs is 1. The maximum absolute atomic E-state index is 11.8. The second-order valence-electron chi connectivity index (χ2n) is 6.89. The normalized spacial score (nSPS) is 13.2. The molecule has 3 N–H and O–H groups in total. The van der Waals surface area contributed by atoms with Crippen molar-refractivity contribution in [2.45, 2.75) is 13.3 Å². The van der Waals surface area contributed by atoms with Crippen LogP contribution >= 0.6 is 0 Å². The summed E-state index contributed by atoms with van der Waals surface area (Å²) < 4.78 is 5.47. The van der Waals surface area contributed by atoms with Crippen LogP contribution in [0.4, 0.5) is 5.69 Å². The molecule has 0 aliphatic carbocycles. The number of hydrogen-bond donors (Lipinski definition) is 2. The fourth-order valence-electron chi connectivity index (χ4n) is 3.35. The molecule has 0 atom stereocenters. The molecule has 2 heterocycles. The van der Waals surface area contributed by atoms with Gasteiger partial charge in [0.2, 0.25) is 5.91 Å². The summed E-state index contributed by atoms with van der Waals surface area (Å²) in [6, 6.07) is 13.3. The quantitative estimate of drug-likeness (QED) is 0.730. The lowest BCUT2D eigenvalue weighted by Crippen LogP contribution is -2.35. The van der Waals surface area contributed by atoms with Gasteiger partial charge in [-0.05, 0) is 48.4 Å². The summed E-state index contributed by atoms with van der Waals surface area (Å²) in [5, 5.41) is 7.44. The number of aryl methyl sites for hydroxylation is 1. The number of likely N-dealkylation sites (N-methyl/N-ethyl adjacent to an activating group) is 1. The van der Waals surface area contributed by atoms with E-state index in [0.29, 0.717) is 17.7 Å². The van der Waals surface area contributed by atoms with Crippen LogP contribution in [-0.4, -0.2) is 35.7 Å². The highest BCUT2D eigenvalue weighted by atomic mass is 16.5. The zero-order valence-corrected chi connectivity index (χ0v) is 15.7. The Morgan fingerprint density at radius 2 is 2.07 bits per heavy atom. The summed E-state index contributed by atoms with van der Waals surface area (Å²) in [7, 11) is 1.75. The zero-order valence-electron chi connectivity index (χ0n) is 15.7. The van der Waals surface area contributed by atoms with Gasteiger partial charge < -0.3 is 15.4 Å². The minimum absolute atomic E-state index is 0.0664. The van der Waals surface area contributed by atoms with Gasteiger partial charge in [0.1, 0.15) is 5.75 Å². The number of carbonyl (C=O) groups is 2. The first kappa shape index (κ1) is 17.8. The third-order valence-corrected chi connectivity index (χ3v) is 4.92. The van der Waals surface area contributed by atoms with Gasteiger partial charge in [-0.2, -0.15) is 5.10 Å². The van der Waals surface area contributed by atoms with E-state index in [9.17, 15) is 9.59 Å². The molecule has 0 saturated heterocycles. The van der Waals surface area contributed by atoms with Gasteiger partial charge in [0.25, 0.3) is 5.91 Å². The van der Waals surface area contributed by atoms with E-state index in [0.717, 1.165) is 33.8 Å². The van der Waals surface area contributed by atoms with Gasteiger partial charge in [0, 0.05) is 30.3 Å². The van der Waals surface area contributed by atoms with Crippen molar-refractivity contribution >= 4 is 17.5 Å². The van der Waals surface area contributed by atoms with Crippen molar-refractivity contribution in [3.8, 4) is 17.0 Å². The lowest BCUT2D eigenvalue weighted by Gasteiger charge is -2.26. The molecule has 1 aliphatic heterocycles. The van der Waals surface area contributed by atoms with E-state index in [-0.39, 0.29) is 12.5 Å². The van der Waals surface area contributed by atoms with E-state index in [1.165, 1.54) is 0 Å². The SMILES string of the molecule is Cc1cc(-c2cc(Cc3ccc4c(c3)N(C)C(=O)CO4)[nH]n2)ccc1C(N)=O. The highest BCUT2D eigenvalue weighted by Gasteiger charge is 2.22. The molecule has 0 saturated carbocycles. The second kappa shape index (κ2) is 6.84. The van der Waals surface area contributed by atoms with Crippen molar-refractivity contribution in [2.75, 3.05) is 18.6 Å². The number of nitrogens with one attached hydrogen (secondary N) is 1. The molecule has 3 aromatic rings. The first-order chi connectivity index (χ1) is 13.4. The molecule has 4 rings (SSSR count). The van der Waals surface area contributed by atoms with Gasteiger partial charge in [-0.15, -0.1) is 0 Å². The van der Waals surface area contributed by atoms with E-state index >= 15 is 0 Å². The molecular weight excluding hydrogens is 356 g/mol. The molecule has 2 amide bonds. The maximum atomic E-state index is 11.8. The first-order valence-electron chi connectivity index (χ1n) is 8.90. The number of aromatic amines is 1. The van der Waals surface area contributed by atoms with Crippen LogP contribution in [0.5, 0.6) is 5.75 Å². The predicted molar refractivity (Wildman–Crippen MR) is 105 cm³/mol. The molecule has 1 aliphatic rings. The summed E-state index contributed by atoms with van der Waals surface area (Å²) in [5.74, 6) is 0.205. The predicted octanol–water partition coefficient (Wildman–Crippen LogP) is 2.43. The van der Waals surface area contributed by atoms with Crippen LogP contribution in [0.1, 0.15) is 27.2 Å². The van der Waals surface area contributed by atoms with Gasteiger partial charge in [-0.1, -0.05) is 12.1 Å². The number of H-pyrrole nitrogens is 1. The largest absolute Gasteiger partial charge is 0.482 e. The number of ether oxygens (including phenoxy) is 1. The average molecular weight is 376 g/mol. The van der Waals surface area contributed by atoms with Gasteiger partial charge in [0.05, 0.1) is 11.4 Å². The van der Waals surface area contributed by atoms with Crippen LogP contribution in [0, 0.1) is 6.92 Å². The third kappa shape index (κ3) is 3.22. The van der Waals surface area contributed by atoms with E-state index < -0.39 is 5.91 Å². The highest BCUT2D eigenvalue weighted by molar-refractivity contribution is 5.97. The number of aromatic nitrogens is 2. The molecule has 1 aromatic heterocycles. The number of benzene rings is 2. The summed E-state index contributed by atoms with van der Waals surface area (Å²) in [5.41, 5.74) is 11.1. The van der Waals surface area contributed by atoms with Crippen molar-refractivity contribution < 1.29 is 14.3 Å². The maximum Gasteiger partial charge on any atom is 0.264 e. The number of nitrogens with two attached hydrogens (primary N) is 1. The smallest absolute Gasteiger partial charge is 0.264 e. The molecule has 0 radical (unpaired) electrons. The van der Waals surface area contributed by atoms with Gasteiger partial charge in [0.15, 0.2) is 6.61 Å². The van der Waals surface area contributed by atoms with Crippen LogP contribution in [0.3, 0.4) is 0 Å². The summed E-state index contributed by atoms with van der Waals surface area (Å²) in [6.45, 7) is 1.92. The van der Waals surface area contributed by atoms with Crippen molar-refractivity contribution in [3.05, 3.63) is 64.8 Å². The molecular formula is C21H20N4O3. The molecule has 28 heavy (non-hydrogen) atoms. The standard InChI is InChI=1S/C21H20N4O3/c1-12-7-14(4-5-16(12)21(22)27)17-10-15(23-24-17)8-13-3-6-19-18(9-13)25(2)20(26)11-28-19/h3-7,9-10H,8,11H2,1-2H3,(H2,22,27)(H,23,24). The number of rotatable bonds is 4. The van der Waals surface area contributed by atoms with E-state index in [1.54, 1.807) is 18.0 Å². The fourth-order valence-corrected chi connectivity index (χ4v) is 3.35. The number of anilines is 1. The van der Waals surface area contributed by atoms with Gasteiger partial charge in [-0.25, -0.2) is 0 Å². The minimum atomic E-state index is -0.438. The Labute approximate surface area is 162 Å². The van der Waals surface area contributed by atoms with Crippen LogP contribution in [0.2, 0.25) is 0 Å². The summed E-state index contributed by atoms with van der Waals surface area (Å²) in [6.07, 6.45) is 0.640. The Kier molecular flexibility index (Phi) is 4.35. The van der Waals surface area contributed by atoms with Crippen molar-refractivity contribution in [1.82, 2.24) is 10.2 Å². The Morgan fingerprint density at radius 3 is 2.82 bits per heavy atom. The Balaban J connectivity index is 1.57. The van der Waals surface area contributed by atoms with Crippen molar-refractivity contribution in [3.63, 3.8) is 0 Å². The van der Waals surface area contributed by atoms with Gasteiger partial charge in [-0.3, -0.25) is 14.7 Å². The van der Waals surface area contributed by atoms with E-state index in [2.05, 4.69) is 10.2 Å². The number of primary amides is 1. The van der Waals surface area contributed by atoms with Crippen molar-refractivity contribution in [2.24, 2.45) is 5.73 Å². The monoisotopic (exact) mass is 376 g/mol. The van der Waals surface area contributed by atoms with Crippen molar-refractivity contribution in [1.29, 1.82) is 0 Å². The van der Waals surface area contributed by atoms with Crippen LogP contribution in [-0.2, 0) is 11.2 Å². The van der Waals surface area contributed by atoms with E-state index in [4.69, 9.17) is 10.5 Å². The Bertz CT molecular complexity index is 1090. The number of amides is 2. The zero-order chi connectivity index (χ0) is 19.8. The molecule has 7 heteroatoms. The van der Waals surface area contributed by atoms with Gasteiger partial charge >= 0.3 is 0 Å². The molecule has 2 aromatic carbocycles. The molecule has 142 valence electrons.